The zero-order valence-electron chi connectivity index (χ0n) is 12.3. The number of carbonyl (C=O) groups is 1. The molecule has 21 heavy (non-hydrogen) atoms. The van der Waals surface area contributed by atoms with Crippen molar-refractivity contribution < 1.29 is 19.0 Å². The van der Waals surface area contributed by atoms with E-state index in [0.29, 0.717) is 11.3 Å². The molecule has 2 aromatic rings. The number of esters is 1. The van der Waals surface area contributed by atoms with Crippen LogP contribution in [0, 0.1) is 0 Å². The van der Waals surface area contributed by atoms with E-state index in [1.165, 1.54) is 7.11 Å². The molecule has 0 aliphatic rings. The van der Waals surface area contributed by atoms with Gasteiger partial charge in [-0.15, -0.1) is 0 Å². The summed E-state index contributed by atoms with van der Waals surface area (Å²) in [5.41, 5.74) is 1.50. The standard InChI is InChI=1S/C17H18O4/c1-12(13-7-9-15(19-2)10-8-13)21-16-6-4-5-14(11-16)17(18)20-3/h4-12H,1-3H3. The second-order valence-corrected chi connectivity index (χ2v) is 4.55. The molecule has 0 saturated heterocycles. The van der Waals surface area contributed by atoms with Gasteiger partial charge in [0.15, 0.2) is 0 Å². The van der Waals surface area contributed by atoms with E-state index in [0.717, 1.165) is 11.3 Å². The van der Waals surface area contributed by atoms with Gasteiger partial charge in [0, 0.05) is 0 Å². The van der Waals surface area contributed by atoms with Gasteiger partial charge in [0.2, 0.25) is 0 Å². The van der Waals surface area contributed by atoms with Crippen molar-refractivity contribution in [2.45, 2.75) is 13.0 Å². The van der Waals surface area contributed by atoms with Crippen LogP contribution in [0.25, 0.3) is 0 Å². The minimum Gasteiger partial charge on any atom is -0.497 e. The Kier molecular flexibility index (Phi) is 4.82. The molecule has 1 unspecified atom stereocenters. The molecule has 4 heteroatoms. The first-order valence-electron chi connectivity index (χ1n) is 6.63. The van der Waals surface area contributed by atoms with Crippen molar-refractivity contribution in [3.8, 4) is 11.5 Å². The number of hydrogen-bond acceptors (Lipinski definition) is 4. The molecular weight excluding hydrogens is 268 g/mol. The largest absolute Gasteiger partial charge is 0.497 e. The van der Waals surface area contributed by atoms with Crippen LogP contribution in [-0.2, 0) is 4.74 Å². The Morgan fingerprint density at radius 2 is 1.71 bits per heavy atom. The third kappa shape index (κ3) is 3.75. The van der Waals surface area contributed by atoms with Crippen molar-refractivity contribution in [3.05, 3.63) is 59.7 Å². The fourth-order valence-corrected chi connectivity index (χ4v) is 1.96. The van der Waals surface area contributed by atoms with E-state index >= 15 is 0 Å². The lowest BCUT2D eigenvalue weighted by Gasteiger charge is -2.16. The topological polar surface area (TPSA) is 44.8 Å². The van der Waals surface area contributed by atoms with Crippen molar-refractivity contribution >= 4 is 5.97 Å². The smallest absolute Gasteiger partial charge is 0.337 e. The predicted molar refractivity (Wildman–Crippen MR) is 79.8 cm³/mol. The van der Waals surface area contributed by atoms with E-state index in [1.54, 1.807) is 25.3 Å². The van der Waals surface area contributed by atoms with Crippen LogP contribution in [0.2, 0.25) is 0 Å². The summed E-state index contributed by atoms with van der Waals surface area (Å²) in [4.78, 5) is 11.5. The van der Waals surface area contributed by atoms with Gasteiger partial charge in [0.1, 0.15) is 17.6 Å². The Morgan fingerprint density at radius 3 is 2.33 bits per heavy atom. The Hall–Kier alpha value is -2.49. The van der Waals surface area contributed by atoms with E-state index in [2.05, 4.69) is 0 Å². The highest BCUT2D eigenvalue weighted by Gasteiger charge is 2.10. The summed E-state index contributed by atoms with van der Waals surface area (Å²) < 4.78 is 15.7. The summed E-state index contributed by atoms with van der Waals surface area (Å²) in [5.74, 6) is 1.05. The maximum Gasteiger partial charge on any atom is 0.337 e. The monoisotopic (exact) mass is 286 g/mol. The molecule has 0 N–H and O–H groups in total. The first-order chi connectivity index (χ1) is 10.1. The van der Waals surface area contributed by atoms with Gasteiger partial charge in [-0.2, -0.15) is 0 Å². The maximum atomic E-state index is 11.5. The van der Waals surface area contributed by atoms with Gasteiger partial charge in [-0.1, -0.05) is 18.2 Å². The van der Waals surface area contributed by atoms with E-state index in [4.69, 9.17) is 14.2 Å². The first kappa shape index (κ1) is 14.9. The third-order valence-electron chi connectivity index (χ3n) is 3.15. The highest BCUT2D eigenvalue weighted by molar-refractivity contribution is 5.89. The number of benzene rings is 2. The van der Waals surface area contributed by atoms with Gasteiger partial charge < -0.3 is 14.2 Å². The van der Waals surface area contributed by atoms with Crippen LogP contribution >= 0.6 is 0 Å². The van der Waals surface area contributed by atoms with Gasteiger partial charge in [-0.05, 0) is 42.8 Å². The van der Waals surface area contributed by atoms with Crippen LogP contribution in [0.15, 0.2) is 48.5 Å². The van der Waals surface area contributed by atoms with Gasteiger partial charge >= 0.3 is 5.97 Å². The van der Waals surface area contributed by atoms with E-state index in [9.17, 15) is 4.79 Å². The van der Waals surface area contributed by atoms with Crippen LogP contribution in [0.3, 0.4) is 0 Å². The minimum atomic E-state index is -0.377. The molecule has 0 radical (unpaired) electrons. The normalized spacial score (nSPS) is 11.6. The molecule has 110 valence electrons. The molecule has 0 saturated carbocycles. The van der Waals surface area contributed by atoms with E-state index in [-0.39, 0.29) is 12.1 Å². The lowest BCUT2D eigenvalue weighted by Crippen LogP contribution is -2.05. The molecule has 0 spiro atoms. The average Bonchev–Trinajstić information content (AvgIpc) is 2.54. The molecule has 4 nitrogen and oxygen atoms in total. The SMILES string of the molecule is COC(=O)c1cccc(OC(C)c2ccc(OC)cc2)c1. The van der Waals surface area contributed by atoms with Crippen molar-refractivity contribution in [3.63, 3.8) is 0 Å². The molecule has 0 fully saturated rings. The lowest BCUT2D eigenvalue weighted by molar-refractivity contribution is 0.0600. The lowest BCUT2D eigenvalue weighted by atomic mass is 10.1. The fraction of sp³-hybridized carbons (Fsp3) is 0.235. The highest BCUT2D eigenvalue weighted by Crippen LogP contribution is 2.24. The molecule has 2 rings (SSSR count). The number of carbonyl (C=O) groups excluding carboxylic acids is 1. The van der Waals surface area contributed by atoms with Gasteiger partial charge in [0.25, 0.3) is 0 Å². The summed E-state index contributed by atoms with van der Waals surface area (Å²) in [6.45, 7) is 1.95. The van der Waals surface area contributed by atoms with Crippen LogP contribution in [0.1, 0.15) is 28.9 Å². The molecule has 1 atom stereocenters. The Bertz CT molecular complexity index is 604. The zero-order valence-corrected chi connectivity index (χ0v) is 12.3. The van der Waals surface area contributed by atoms with Crippen molar-refractivity contribution in [1.82, 2.24) is 0 Å². The van der Waals surface area contributed by atoms with Crippen LogP contribution in [0.4, 0.5) is 0 Å². The van der Waals surface area contributed by atoms with Crippen LogP contribution in [0.5, 0.6) is 11.5 Å². The molecular formula is C17H18O4. The first-order valence-corrected chi connectivity index (χ1v) is 6.63. The fourth-order valence-electron chi connectivity index (χ4n) is 1.96. The number of methoxy groups -OCH3 is 2. The van der Waals surface area contributed by atoms with Crippen molar-refractivity contribution in [2.24, 2.45) is 0 Å². The zero-order chi connectivity index (χ0) is 15.2. The Morgan fingerprint density at radius 1 is 1.00 bits per heavy atom. The summed E-state index contributed by atoms with van der Waals surface area (Å²) in [5, 5.41) is 0. The molecule has 0 aliphatic carbocycles. The third-order valence-corrected chi connectivity index (χ3v) is 3.15. The summed E-state index contributed by atoms with van der Waals surface area (Å²) >= 11 is 0. The highest BCUT2D eigenvalue weighted by atomic mass is 16.5. The van der Waals surface area contributed by atoms with Gasteiger partial charge in [-0.3, -0.25) is 0 Å². The predicted octanol–water partition coefficient (Wildman–Crippen LogP) is 3.62. The second kappa shape index (κ2) is 6.79. The molecule has 0 bridgehead atoms. The quantitative estimate of drug-likeness (QED) is 0.787. The second-order valence-electron chi connectivity index (χ2n) is 4.55. The number of ether oxygens (including phenoxy) is 3. The van der Waals surface area contributed by atoms with E-state index in [1.807, 2.05) is 37.3 Å². The maximum absolute atomic E-state index is 11.5. The van der Waals surface area contributed by atoms with Crippen molar-refractivity contribution in [2.75, 3.05) is 14.2 Å². The molecule has 0 amide bonds. The summed E-state index contributed by atoms with van der Waals surface area (Å²) in [6, 6.07) is 14.6. The van der Waals surface area contributed by atoms with Crippen LogP contribution in [-0.4, -0.2) is 20.2 Å². The van der Waals surface area contributed by atoms with Gasteiger partial charge in [-0.25, -0.2) is 4.79 Å². The molecule has 2 aromatic carbocycles. The van der Waals surface area contributed by atoms with E-state index < -0.39 is 0 Å². The average molecular weight is 286 g/mol. The number of rotatable bonds is 5. The molecule has 0 aliphatic heterocycles. The van der Waals surface area contributed by atoms with Crippen LogP contribution < -0.4 is 9.47 Å². The minimum absolute atomic E-state index is 0.135. The van der Waals surface area contributed by atoms with Crippen molar-refractivity contribution in [1.29, 1.82) is 0 Å². The Labute approximate surface area is 124 Å². The molecule has 0 heterocycles. The Balaban J connectivity index is 2.11. The molecule has 0 aromatic heterocycles. The van der Waals surface area contributed by atoms with Gasteiger partial charge in [0.05, 0.1) is 19.8 Å². The summed E-state index contributed by atoms with van der Waals surface area (Å²) in [6.07, 6.45) is -0.135. The number of hydrogen-bond donors (Lipinski definition) is 0. The summed E-state index contributed by atoms with van der Waals surface area (Å²) in [7, 11) is 2.99.